The lowest BCUT2D eigenvalue weighted by Gasteiger charge is -2.23. The highest BCUT2D eigenvalue weighted by Gasteiger charge is 2.30. The summed E-state index contributed by atoms with van der Waals surface area (Å²) in [5.41, 5.74) is 1.47. The highest BCUT2D eigenvalue weighted by Crippen LogP contribution is 2.41. The summed E-state index contributed by atoms with van der Waals surface area (Å²) in [5, 5.41) is 7.60. The number of thioether (sulfide) groups is 1. The maximum absolute atomic E-state index is 4.34. The Labute approximate surface area is 117 Å². The van der Waals surface area contributed by atoms with E-state index in [1.54, 1.807) is 6.33 Å². The number of nitrogens with zero attached hydrogens (tertiary/aromatic N) is 3. The zero-order valence-electron chi connectivity index (χ0n) is 11.2. The second-order valence-corrected chi connectivity index (χ2v) is 5.92. The molecule has 0 bridgehead atoms. The van der Waals surface area contributed by atoms with Crippen molar-refractivity contribution in [1.82, 2.24) is 20.1 Å². The van der Waals surface area contributed by atoms with Gasteiger partial charge in [0.1, 0.15) is 12.2 Å². The Bertz CT molecular complexity index is 566. The van der Waals surface area contributed by atoms with Gasteiger partial charge in [0.05, 0.1) is 0 Å². The summed E-state index contributed by atoms with van der Waals surface area (Å²) in [6, 6.07) is 9.12. The Balaban J connectivity index is 1.82. The predicted octanol–water partition coefficient (Wildman–Crippen LogP) is 1.84. The fourth-order valence-electron chi connectivity index (χ4n) is 2.67. The lowest BCUT2D eigenvalue weighted by atomic mass is 9.91. The van der Waals surface area contributed by atoms with Crippen LogP contribution >= 0.6 is 11.8 Å². The quantitative estimate of drug-likeness (QED) is 0.924. The van der Waals surface area contributed by atoms with Gasteiger partial charge in [-0.1, -0.05) is 18.2 Å². The van der Waals surface area contributed by atoms with Crippen LogP contribution < -0.4 is 5.32 Å². The average Bonchev–Trinajstić information content (AvgIpc) is 3.03. The molecule has 3 rings (SSSR count). The first-order chi connectivity index (χ1) is 9.29. The molecule has 2 aromatic rings. The van der Waals surface area contributed by atoms with E-state index in [2.05, 4.69) is 39.7 Å². The van der Waals surface area contributed by atoms with E-state index in [0.717, 1.165) is 18.0 Å². The van der Waals surface area contributed by atoms with Crippen molar-refractivity contribution >= 4 is 11.8 Å². The molecule has 2 atom stereocenters. The van der Waals surface area contributed by atoms with E-state index < -0.39 is 0 Å². The Hall–Kier alpha value is -1.33. The van der Waals surface area contributed by atoms with Gasteiger partial charge in [0.15, 0.2) is 0 Å². The fourth-order valence-corrected chi connectivity index (χ4v) is 4.00. The van der Waals surface area contributed by atoms with Crippen molar-refractivity contribution in [1.29, 1.82) is 0 Å². The Morgan fingerprint density at radius 2 is 2.32 bits per heavy atom. The zero-order chi connectivity index (χ0) is 13.2. The number of hydrogen-bond acceptors (Lipinski definition) is 4. The molecule has 2 unspecified atom stereocenters. The first-order valence-electron chi connectivity index (χ1n) is 6.51. The first-order valence-corrected chi connectivity index (χ1v) is 7.50. The molecule has 0 spiro atoms. The molecule has 5 heteroatoms. The summed E-state index contributed by atoms with van der Waals surface area (Å²) in [6.07, 6.45) is 2.53. The Morgan fingerprint density at radius 3 is 3.05 bits per heavy atom. The molecule has 19 heavy (non-hydrogen) atoms. The number of aromatic nitrogens is 3. The van der Waals surface area contributed by atoms with E-state index in [9.17, 15) is 0 Å². The van der Waals surface area contributed by atoms with Gasteiger partial charge in [0.25, 0.3) is 0 Å². The molecule has 0 saturated carbocycles. The van der Waals surface area contributed by atoms with E-state index >= 15 is 0 Å². The zero-order valence-corrected chi connectivity index (χ0v) is 12.0. The number of aryl methyl sites for hydroxylation is 1. The summed E-state index contributed by atoms with van der Waals surface area (Å²) >= 11 is 1.95. The maximum Gasteiger partial charge on any atom is 0.138 e. The Morgan fingerprint density at radius 1 is 1.47 bits per heavy atom. The third kappa shape index (κ3) is 2.40. The van der Waals surface area contributed by atoms with Gasteiger partial charge in [-0.05, 0) is 18.7 Å². The van der Waals surface area contributed by atoms with Gasteiger partial charge in [-0.15, -0.1) is 11.8 Å². The van der Waals surface area contributed by atoms with Crippen LogP contribution in [0.15, 0.2) is 35.5 Å². The van der Waals surface area contributed by atoms with Gasteiger partial charge in [-0.3, -0.25) is 4.68 Å². The molecule has 1 aromatic carbocycles. The predicted molar refractivity (Wildman–Crippen MR) is 77.5 cm³/mol. The summed E-state index contributed by atoms with van der Waals surface area (Å²) in [7, 11) is 3.99. The number of rotatable bonds is 4. The average molecular weight is 274 g/mol. The van der Waals surface area contributed by atoms with Crippen molar-refractivity contribution in [3.05, 3.63) is 42.0 Å². The number of likely N-dealkylation sites (N-methyl/N-ethyl adjacent to an activating group) is 1. The highest BCUT2D eigenvalue weighted by molar-refractivity contribution is 7.99. The van der Waals surface area contributed by atoms with E-state index in [4.69, 9.17) is 0 Å². The van der Waals surface area contributed by atoms with Gasteiger partial charge < -0.3 is 5.32 Å². The topological polar surface area (TPSA) is 42.7 Å². The molecule has 0 fully saturated rings. The summed E-state index contributed by atoms with van der Waals surface area (Å²) in [4.78, 5) is 5.76. The van der Waals surface area contributed by atoms with Gasteiger partial charge in [-0.25, -0.2) is 4.98 Å². The Kier molecular flexibility index (Phi) is 3.57. The second kappa shape index (κ2) is 5.35. The summed E-state index contributed by atoms with van der Waals surface area (Å²) in [6.45, 7) is 0. The highest BCUT2D eigenvalue weighted by atomic mass is 32.2. The minimum atomic E-state index is 0.402. The van der Waals surface area contributed by atoms with E-state index in [1.165, 1.54) is 10.5 Å². The maximum atomic E-state index is 4.34. The van der Waals surface area contributed by atoms with Crippen LogP contribution in [0.25, 0.3) is 0 Å². The van der Waals surface area contributed by atoms with Crippen LogP contribution in [-0.2, 0) is 13.5 Å². The van der Waals surface area contributed by atoms with E-state index in [1.807, 2.05) is 30.5 Å². The molecule has 100 valence electrons. The number of fused-ring (bicyclic) bond motifs is 1. The molecule has 1 N–H and O–H groups in total. The van der Waals surface area contributed by atoms with Crippen LogP contribution in [0.2, 0.25) is 0 Å². The van der Waals surface area contributed by atoms with Crippen molar-refractivity contribution in [3.8, 4) is 0 Å². The van der Waals surface area contributed by atoms with Crippen molar-refractivity contribution in [3.63, 3.8) is 0 Å². The lowest BCUT2D eigenvalue weighted by Crippen LogP contribution is -2.35. The first kappa shape index (κ1) is 12.7. The second-order valence-electron chi connectivity index (χ2n) is 4.85. The molecule has 0 radical (unpaired) electrons. The van der Waals surface area contributed by atoms with Crippen molar-refractivity contribution in [2.45, 2.75) is 23.3 Å². The molecule has 0 saturated heterocycles. The fraction of sp³-hybridized carbons (Fsp3) is 0.429. The van der Waals surface area contributed by atoms with Crippen LogP contribution in [-0.4, -0.2) is 33.6 Å². The van der Waals surface area contributed by atoms with E-state index in [0.29, 0.717) is 12.0 Å². The number of nitrogens with one attached hydrogen (secondary N) is 1. The van der Waals surface area contributed by atoms with E-state index in [-0.39, 0.29) is 0 Å². The monoisotopic (exact) mass is 274 g/mol. The number of benzene rings is 1. The third-order valence-electron chi connectivity index (χ3n) is 3.80. The molecule has 0 amide bonds. The van der Waals surface area contributed by atoms with Gasteiger partial charge in [0, 0.05) is 36.1 Å². The molecule has 0 aliphatic carbocycles. The van der Waals surface area contributed by atoms with Crippen LogP contribution in [0.1, 0.15) is 17.3 Å². The van der Waals surface area contributed by atoms with Crippen LogP contribution in [0.3, 0.4) is 0 Å². The van der Waals surface area contributed by atoms with Gasteiger partial charge >= 0.3 is 0 Å². The van der Waals surface area contributed by atoms with Crippen LogP contribution in [0.5, 0.6) is 0 Å². The normalized spacial score (nSPS) is 19.4. The minimum Gasteiger partial charge on any atom is -0.316 e. The number of hydrogen-bond donors (Lipinski definition) is 1. The smallest absolute Gasteiger partial charge is 0.138 e. The molecular formula is C14H18N4S. The standard InChI is InChI=1S/C14H18N4S/c1-15-12(7-14-16-9-17-18(14)2)11-8-19-13-6-4-3-5-10(11)13/h3-6,9,11-12,15H,7-8H2,1-2H3. The molecule has 1 aromatic heterocycles. The summed E-state index contributed by atoms with van der Waals surface area (Å²) in [5.74, 6) is 2.72. The van der Waals surface area contributed by atoms with Gasteiger partial charge in [0.2, 0.25) is 0 Å². The molecule has 1 aliphatic rings. The van der Waals surface area contributed by atoms with Crippen molar-refractivity contribution in [2.75, 3.05) is 12.8 Å². The molecular weight excluding hydrogens is 256 g/mol. The molecule has 4 nitrogen and oxygen atoms in total. The van der Waals surface area contributed by atoms with Crippen LogP contribution in [0, 0.1) is 0 Å². The largest absolute Gasteiger partial charge is 0.316 e. The minimum absolute atomic E-state index is 0.402. The molecule has 2 heterocycles. The SMILES string of the molecule is CNC(Cc1ncnn1C)C1CSc2ccccc21. The third-order valence-corrected chi connectivity index (χ3v) is 5.01. The molecule has 1 aliphatic heterocycles. The summed E-state index contributed by atoms with van der Waals surface area (Å²) < 4.78 is 1.86. The van der Waals surface area contributed by atoms with Gasteiger partial charge in [-0.2, -0.15) is 5.10 Å². The van der Waals surface area contributed by atoms with Crippen molar-refractivity contribution in [2.24, 2.45) is 7.05 Å². The van der Waals surface area contributed by atoms with Crippen molar-refractivity contribution < 1.29 is 0 Å². The van der Waals surface area contributed by atoms with Crippen LogP contribution in [0.4, 0.5) is 0 Å². The lowest BCUT2D eigenvalue weighted by molar-refractivity contribution is 0.470.